The standard InChI is InChI=1S/C9H6FIN2O/c1-5-12-9(14-13-5)7-3-2-6(10)4-8(7)11/h2-4H,1H3. The lowest BCUT2D eigenvalue weighted by Crippen LogP contribution is -1.85. The average Bonchev–Trinajstić information content (AvgIpc) is 2.51. The molecule has 0 fully saturated rings. The summed E-state index contributed by atoms with van der Waals surface area (Å²) in [4.78, 5) is 4.07. The van der Waals surface area contributed by atoms with Crippen LogP contribution in [-0.4, -0.2) is 10.1 Å². The third-order valence-corrected chi connectivity index (χ3v) is 2.58. The summed E-state index contributed by atoms with van der Waals surface area (Å²) in [7, 11) is 0. The molecule has 3 nitrogen and oxygen atoms in total. The molecule has 1 aromatic carbocycles. The first-order valence-corrected chi connectivity index (χ1v) is 5.00. The number of halogens is 2. The van der Waals surface area contributed by atoms with Crippen molar-refractivity contribution in [1.82, 2.24) is 10.1 Å². The first-order chi connectivity index (χ1) is 6.66. The van der Waals surface area contributed by atoms with Crippen LogP contribution in [0.3, 0.4) is 0 Å². The lowest BCUT2D eigenvalue weighted by molar-refractivity contribution is 0.425. The molecule has 0 spiro atoms. The van der Waals surface area contributed by atoms with Gasteiger partial charge in [-0.1, -0.05) is 5.16 Å². The molecule has 2 aromatic rings. The van der Waals surface area contributed by atoms with Gasteiger partial charge in [0.1, 0.15) is 5.82 Å². The van der Waals surface area contributed by atoms with Crippen LogP contribution in [0.4, 0.5) is 4.39 Å². The Morgan fingerprint density at radius 3 is 2.79 bits per heavy atom. The van der Waals surface area contributed by atoms with Gasteiger partial charge in [-0.3, -0.25) is 0 Å². The van der Waals surface area contributed by atoms with Crippen molar-refractivity contribution in [3.63, 3.8) is 0 Å². The van der Waals surface area contributed by atoms with Crippen LogP contribution in [0.2, 0.25) is 0 Å². The molecule has 1 heterocycles. The van der Waals surface area contributed by atoms with Crippen molar-refractivity contribution in [2.24, 2.45) is 0 Å². The topological polar surface area (TPSA) is 38.9 Å². The highest BCUT2D eigenvalue weighted by atomic mass is 127. The lowest BCUT2D eigenvalue weighted by Gasteiger charge is -1.97. The maximum Gasteiger partial charge on any atom is 0.258 e. The number of aryl methyl sites for hydroxylation is 1. The Morgan fingerprint density at radius 2 is 2.21 bits per heavy atom. The molecule has 0 aliphatic carbocycles. The molecule has 0 atom stereocenters. The molecule has 0 bridgehead atoms. The molecule has 0 N–H and O–H groups in total. The molecular formula is C9H6FIN2O. The summed E-state index contributed by atoms with van der Waals surface area (Å²) >= 11 is 2.03. The van der Waals surface area contributed by atoms with Crippen LogP contribution in [0.5, 0.6) is 0 Å². The van der Waals surface area contributed by atoms with Crippen molar-refractivity contribution >= 4 is 22.6 Å². The summed E-state index contributed by atoms with van der Waals surface area (Å²) in [5.41, 5.74) is 0.757. The minimum Gasteiger partial charge on any atom is -0.334 e. The minimum atomic E-state index is -0.269. The predicted molar refractivity (Wildman–Crippen MR) is 57.1 cm³/mol. The van der Waals surface area contributed by atoms with Crippen molar-refractivity contribution < 1.29 is 8.91 Å². The van der Waals surface area contributed by atoms with E-state index in [1.807, 2.05) is 22.6 Å². The molecule has 0 unspecified atom stereocenters. The number of hydrogen-bond acceptors (Lipinski definition) is 3. The van der Waals surface area contributed by atoms with Crippen LogP contribution in [0, 0.1) is 16.3 Å². The molecule has 0 aliphatic heterocycles. The Balaban J connectivity index is 2.52. The van der Waals surface area contributed by atoms with Gasteiger partial charge in [0.05, 0.1) is 5.56 Å². The van der Waals surface area contributed by atoms with Gasteiger partial charge in [-0.05, 0) is 47.7 Å². The zero-order chi connectivity index (χ0) is 10.1. The number of benzene rings is 1. The van der Waals surface area contributed by atoms with Gasteiger partial charge in [0.25, 0.3) is 5.89 Å². The normalized spacial score (nSPS) is 10.5. The quantitative estimate of drug-likeness (QED) is 0.761. The maximum absolute atomic E-state index is 12.8. The van der Waals surface area contributed by atoms with Crippen molar-refractivity contribution in [3.05, 3.63) is 33.4 Å². The van der Waals surface area contributed by atoms with Gasteiger partial charge >= 0.3 is 0 Å². The predicted octanol–water partition coefficient (Wildman–Crippen LogP) is 2.79. The SMILES string of the molecule is Cc1noc(-c2ccc(F)cc2I)n1. The van der Waals surface area contributed by atoms with Crippen LogP contribution in [0.25, 0.3) is 11.5 Å². The van der Waals surface area contributed by atoms with E-state index in [0.29, 0.717) is 11.7 Å². The van der Waals surface area contributed by atoms with Crippen molar-refractivity contribution in [3.8, 4) is 11.5 Å². The molecule has 14 heavy (non-hydrogen) atoms. The fraction of sp³-hybridized carbons (Fsp3) is 0.111. The van der Waals surface area contributed by atoms with E-state index in [1.54, 1.807) is 13.0 Å². The third-order valence-electron chi connectivity index (χ3n) is 1.69. The summed E-state index contributed by atoms with van der Waals surface area (Å²) in [6.45, 7) is 1.74. The van der Waals surface area contributed by atoms with Crippen molar-refractivity contribution in [2.75, 3.05) is 0 Å². The van der Waals surface area contributed by atoms with Gasteiger partial charge < -0.3 is 4.52 Å². The number of nitrogens with zero attached hydrogens (tertiary/aromatic N) is 2. The maximum atomic E-state index is 12.8. The molecule has 1 aromatic heterocycles. The third kappa shape index (κ3) is 1.77. The van der Waals surface area contributed by atoms with Gasteiger partial charge in [-0.2, -0.15) is 4.98 Å². The van der Waals surface area contributed by atoms with E-state index >= 15 is 0 Å². The highest BCUT2D eigenvalue weighted by molar-refractivity contribution is 14.1. The smallest absolute Gasteiger partial charge is 0.258 e. The molecule has 5 heteroatoms. The van der Waals surface area contributed by atoms with E-state index in [1.165, 1.54) is 12.1 Å². The summed E-state index contributed by atoms with van der Waals surface area (Å²) in [5, 5.41) is 3.67. The van der Waals surface area contributed by atoms with E-state index in [0.717, 1.165) is 9.13 Å². The first-order valence-electron chi connectivity index (χ1n) is 3.92. The van der Waals surface area contributed by atoms with Crippen LogP contribution < -0.4 is 0 Å². The molecular weight excluding hydrogens is 298 g/mol. The van der Waals surface area contributed by atoms with E-state index in [-0.39, 0.29) is 5.82 Å². The Kier molecular flexibility index (Phi) is 2.49. The Morgan fingerprint density at radius 1 is 1.43 bits per heavy atom. The number of hydrogen-bond donors (Lipinski definition) is 0. The lowest BCUT2D eigenvalue weighted by atomic mass is 10.2. The van der Waals surface area contributed by atoms with Crippen LogP contribution >= 0.6 is 22.6 Å². The second-order valence-corrected chi connectivity index (χ2v) is 3.93. The fourth-order valence-electron chi connectivity index (χ4n) is 1.07. The summed E-state index contributed by atoms with van der Waals surface area (Å²) < 4.78 is 18.5. The Hall–Kier alpha value is -0.980. The van der Waals surface area contributed by atoms with Gasteiger partial charge in [0, 0.05) is 3.57 Å². The van der Waals surface area contributed by atoms with Crippen LogP contribution in [0.15, 0.2) is 22.7 Å². The molecule has 0 amide bonds. The van der Waals surface area contributed by atoms with Gasteiger partial charge in [0.15, 0.2) is 5.82 Å². The molecule has 72 valence electrons. The van der Waals surface area contributed by atoms with E-state index in [9.17, 15) is 4.39 Å². The minimum absolute atomic E-state index is 0.269. The van der Waals surface area contributed by atoms with E-state index < -0.39 is 0 Å². The van der Waals surface area contributed by atoms with Crippen molar-refractivity contribution in [2.45, 2.75) is 6.92 Å². The highest BCUT2D eigenvalue weighted by Crippen LogP contribution is 2.24. The Labute approximate surface area is 93.5 Å². The average molecular weight is 304 g/mol. The zero-order valence-electron chi connectivity index (χ0n) is 7.29. The number of rotatable bonds is 1. The highest BCUT2D eigenvalue weighted by Gasteiger charge is 2.10. The zero-order valence-corrected chi connectivity index (χ0v) is 9.45. The molecule has 0 radical (unpaired) electrons. The monoisotopic (exact) mass is 304 g/mol. The first kappa shape index (κ1) is 9.57. The second kappa shape index (κ2) is 3.64. The van der Waals surface area contributed by atoms with Crippen LogP contribution in [-0.2, 0) is 0 Å². The molecule has 0 aliphatic rings. The summed E-state index contributed by atoms with van der Waals surface area (Å²) in [6, 6.07) is 4.43. The molecule has 0 saturated carbocycles. The van der Waals surface area contributed by atoms with E-state index in [4.69, 9.17) is 4.52 Å². The Bertz CT molecular complexity index is 470. The van der Waals surface area contributed by atoms with Crippen LogP contribution in [0.1, 0.15) is 5.82 Å². The summed E-state index contributed by atoms with van der Waals surface area (Å²) in [6.07, 6.45) is 0. The summed E-state index contributed by atoms with van der Waals surface area (Å²) in [5.74, 6) is 0.724. The largest absolute Gasteiger partial charge is 0.334 e. The molecule has 2 rings (SSSR count). The fourth-order valence-corrected chi connectivity index (χ4v) is 1.78. The van der Waals surface area contributed by atoms with Gasteiger partial charge in [-0.15, -0.1) is 0 Å². The van der Waals surface area contributed by atoms with E-state index in [2.05, 4.69) is 10.1 Å². The second-order valence-electron chi connectivity index (χ2n) is 2.77. The van der Waals surface area contributed by atoms with Crippen molar-refractivity contribution in [1.29, 1.82) is 0 Å². The molecule has 0 saturated heterocycles. The number of aromatic nitrogens is 2. The van der Waals surface area contributed by atoms with Gasteiger partial charge in [0.2, 0.25) is 0 Å². The van der Waals surface area contributed by atoms with Gasteiger partial charge in [-0.25, -0.2) is 4.39 Å².